The van der Waals surface area contributed by atoms with Crippen molar-refractivity contribution in [2.45, 2.75) is 26.3 Å². The Balaban J connectivity index is 2.14. The number of nitrogens with two attached hydrogens (primary N) is 1. The van der Waals surface area contributed by atoms with Crippen molar-refractivity contribution >= 4 is 23.4 Å². The van der Waals surface area contributed by atoms with Gasteiger partial charge in [-0.3, -0.25) is 14.4 Å². The number of carbonyl (C=O) groups is 3. The minimum atomic E-state index is -0.656. The van der Waals surface area contributed by atoms with E-state index in [1.165, 1.54) is 26.4 Å². The standard InChI is InChI=1S/C22H27N3O6/c1-13(2)24-20(27)9-14-5-7-16(8-6-14)25-22(28)15-10-17(29-3)21(18(11-15)30-4)31-12-19(23)26/h5-8,10-11,13H,9,12H2,1-4H3,(H2,23,26)(H,24,27)(H,25,28). The molecule has 31 heavy (non-hydrogen) atoms. The molecule has 0 unspecified atom stereocenters. The van der Waals surface area contributed by atoms with Crippen LogP contribution in [0.25, 0.3) is 0 Å². The predicted molar refractivity (Wildman–Crippen MR) is 116 cm³/mol. The second-order valence-corrected chi connectivity index (χ2v) is 7.01. The maximum absolute atomic E-state index is 12.7. The largest absolute Gasteiger partial charge is 0.493 e. The highest BCUT2D eigenvalue weighted by atomic mass is 16.5. The number of carbonyl (C=O) groups excluding carboxylic acids is 3. The number of nitrogens with one attached hydrogen (secondary N) is 2. The van der Waals surface area contributed by atoms with Crippen LogP contribution in [-0.2, 0) is 16.0 Å². The molecule has 0 aliphatic rings. The number of rotatable bonds is 10. The lowest BCUT2D eigenvalue weighted by atomic mass is 10.1. The topological polar surface area (TPSA) is 129 Å². The highest BCUT2D eigenvalue weighted by Crippen LogP contribution is 2.38. The monoisotopic (exact) mass is 429 g/mol. The normalized spacial score (nSPS) is 10.4. The fourth-order valence-corrected chi connectivity index (χ4v) is 2.76. The van der Waals surface area contributed by atoms with Crippen LogP contribution >= 0.6 is 0 Å². The number of hydrogen-bond donors (Lipinski definition) is 3. The van der Waals surface area contributed by atoms with E-state index in [9.17, 15) is 14.4 Å². The van der Waals surface area contributed by atoms with E-state index >= 15 is 0 Å². The summed E-state index contributed by atoms with van der Waals surface area (Å²) in [6.07, 6.45) is 0.258. The minimum Gasteiger partial charge on any atom is -0.493 e. The second kappa shape index (κ2) is 10.9. The van der Waals surface area contributed by atoms with Gasteiger partial charge in [0.15, 0.2) is 18.1 Å². The molecule has 2 aromatic carbocycles. The van der Waals surface area contributed by atoms with Gasteiger partial charge in [-0.1, -0.05) is 12.1 Å². The number of ether oxygens (including phenoxy) is 3. The first-order valence-corrected chi connectivity index (χ1v) is 9.60. The van der Waals surface area contributed by atoms with E-state index in [2.05, 4.69) is 10.6 Å². The van der Waals surface area contributed by atoms with E-state index in [0.29, 0.717) is 5.69 Å². The quantitative estimate of drug-likeness (QED) is 0.529. The molecule has 0 bridgehead atoms. The maximum Gasteiger partial charge on any atom is 0.255 e. The molecule has 4 N–H and O–H groups in total. The van der Waals surface area contributed by atoms with Gasteiger partial charge in [0.2, 0.25) is 11.7 Å². The van der Waals surface area contributed by atoms with Gasteiger partial charge in [-0.2, -0.15) is 0 Å². The summed E-state index contributed by atoms with van der Waals surface area (Å²) in [4.78, 5) is 35.6. The third kappa shape index (κ3) is 6.91. The molecule has 0 aliphatic heterocycles. The van der Waals surface area contributed by atoms with Crippen LogP contribution in [-0.4, -0.2) is 44.6 Å². The number of benzene rings is 2. The summed E-state index contributed by atoms with van der Waals surface area (Å²) < 4.78 is 15.9. The molecule has 0 saturated heterocycles. The van der Waals surface area contributed by atoms with Crippen molar-refractivity contribution in [2.24, 2.45) is 5.73 Å². The smallest absolute Gasteiger partial charge is 0.255 e. The third-order valence-electron chi connectivity index (χ3n) is 4.11. The highest BCUT2D eigenvalue weighted by molar-refractivity contribution is 6.05. The van der Waals surface area contributed by atoms with Crippen molar-refractivity contribution in [1.82, 2.24) is 5.32 Å². The van der Waals surface area contributed by atoms with E-state index in [0.717, 1.165) is 5.56 Å². The molecule has 0 radical (unpaired) electrons. The molecule has 0 aromatic heterocycles. The average Bonchev–Trinajstić information content (AvgIpc) is 2.72. The first kappa shape index (κ1) is 23.5. The molecule has 166 valence electrons. The molecule has 0 atom stereocenters. The zero-order chi connectivity index (χ0) is 23.0. The lowest BCUT2D eigenvalue weighted by Gasteiger charge is -2.15. The van der Waals surface area contributed by atoms with Crippen LogP contribution in [0.4, 0.5) is 5.69 Å². The third-order valence-corrected chi connectivity index (χ3v) is 4.11. The number of hydrogen-bond acceptors (Lipinski definition) is 6. The SMILES string of the molecule is COc1cc(C(=O)Nc2ccc(CC(=O)NC(C)C)cc2)cc(OC)c1OCC(N)=O. The molecule has 0 spiro atoms. The van der Waals surface area contributed by atoms with Crippen molar-refractivity contribution in [1.29, 1.82) is 0 Å². The molecular weight excluding hydrogens is 402 g/mol. The molecule has 0 saturated carbocycles. The van der Waals surface area contributed by atoms with Crippen LogP contribution in [0.1, 0.15) is 29.8 Å². The number of amides is 3. The minimum absolute atomic E-state index is 0.0652. The zero-order valence-corrected chi connectivity index (χ0v) is 18.0. The summed E-state index contributed by atoms with van der Waals surface area (Å²) in [6.45, 7) is 3.44. The van der Waals surface area contributed by atoms with Gasteiger partial charge in [0.05, 0.1) is 20.6 Å². The van der Waals surface area contributed by atoms with Crippen LogP contribution in [0.3, 0.4) is 0 Å². The van der Waals surface area contributed by atoms with Crippen LogP contribution in [0.5, 0.6) is 17.2 Å². The van der Waals surface area contributed by atoms with Gasteiger partial charge >= 0.3 is 0 Å². The van der Waals surface area contributed by atoms with Crippen LogP contribution in [0.15, 0.2) is 36.4 Å². The summed E-state index contributed by atoms with van der Waals surface area (Å²) in [5.74, 6) is -0.511. The zero-order valence-electron chi connectivity index (χ0n) is 18.0. The highest BCUT2D eigenvalue weighted by Gasteiger charge is 2.18. The lowest BCUT2D eigenvalue weighted by Crippen LogP contribution is -2.31. The van der Waals surface area contributed by atoms with E-state index < -0.39 is 11.8 Å². The van der Waals surface area contributed by atoms with Crippen LogP contribution < -0.4 is 30.6 Å². The van der Waals surface area contributed by atoms with Crippen molar-refractivity contribution < 1.29 is 28.6 Å². The molecule has 2 rings (SSSR count). The number of anilines is 1. The van der Waals surface area contributed by atoms with Gasteiger partial charge in [0.1, 0.15) is 0 Å². The average molecular weight is 429 g/mol. The van der Waals surface area contributed by atoms with E-state index in [-0.39, 0.29) is 47.8 Å². The Morgan fingerprint density at radius 3 is 2.06 bits per heavy atom. The molecule has 0 heterocycles. The molecule has 0 fully saturated rings. The predicted octanol–water partition coefficient (Wildman–Crippen LogP) is 1.89. The fraction of sp³-hybridized carbons (Fsp3) is 0.318. The molecule has 9 heteroatoms. The number of primary amides is 1. The Labute approximate surface area is 180 Å². The van der Waals surface area contributed by atoms with Gasteiger partial charge in [-0.15, -0.1) is 0 Å². The molecule has 3 amide bonds. The summed E-state index contributed by atoms with van der Waals surface area (Å²) in [5, 5.41) is 5.61. The van der Waals surface area contributed by atoms with Gasteiger partial charge in [-0.25, -0.2) is 0 Å². The first-order valence-electron chi connectivity index (χ1n) is 9.60. The molecule has 2 aromatic rings. The van der Waals surface area contributed by atoms with Gasteiger partial charge < -0.3 is 30.6 Å². The molecular formula is C22H27N3O6. The van der Waals surface area contributed by atoms with Gasteiger partial charge in [0.25, 0.3) is 11.8 Å². The summed E-state index contributed by atoms with van der Waals surface area (Å²) in [6, 6.07) is 10.0. The van der Waals surface area contributed by atoms with Gasteiger partial charge in [0, 0.05) is 17.3 Å². The Kier molecular flexibility index (Phi) is 8.25. The van der Waals surface area contributed by atoms with E-state index in [4.69, 9.17) is 19.9 Å². The Morgan fingerprint density at radius 2 is 1.58 bits per heavy atom. The summed E-state index contributed by atoms with van der Waals surface area (Å²) in [5.41, 5.74) is 6.77. The summed E-state index contributed by atoms with van der Waals surface area (Å²) in [7, 11) is 2.81. The van der Waals surface area contributed by atoms with Crippen LogP contribution in [0.2, 0.25) is 0 Å². The van der Waals surface area contributed by atoms with Gasteiger partial charge in [-0.05, 0) is 43.7 Å². The Morgan fingerprint density at radius 1 is 1.00 bits per heavy atom. The Bertz CT molecular complexity index is 916. The summed E-state index contributed by atoms with van der Waals surface area (Å²) >= 11 is 0. The lowest BCUT2D eigenvalue weighted by molar-refractivity contribution is -0.121. The van der Waals surface area contributed by atoms with Crippen molar-refractivity contribution in [3.8, 4) is 17.2 Å². The van der Waals surface area contributed by atoms with Crippen molar-refractivity contribution in [3.05, 3.63) is 47.5 Å². The molecule has 0 aliphatic carbocycles. The van der Waals surface area contributed by atoms with Crippen molar-refractivity contribution in [3.63, 3.8) is 0 Å². The Hall–Kier alpha value is -3.75. The fourth-order valence-electron chi connectivity index (χ4n) is 2.76. The van der Waals surface area contributed by atoms with Crippen molar-refractivity contribution in [2.75, 3.05) is 26.1 Å². The second-order valence-electron chi connectivity index (χ2n) is 7.01. The maximum atomic E-state index is 12.7. The first-order chi connectivity index (χ1) is 14.7. The van der Waals surface area contributed by atoms with E-state index in [1.807, 2.05) is 13.8 Å². The number of methoxy groups -OCH3 is 2. The molecule has 9 nitrogen and oxygen atoms in total. The van der Waals surface area contributed by atoms with Crippen LogP contribution in [0, 0.1) is 0 Å². The van der Waals surface area contributed by atoms with E-state index in [1.54, 1.807) is 24.3 Å².